The first-order chi connectivity index (χ1) is 8.70. The van der Waals surface area contributed by atoms with Crippen LogP contribution in [0.4, 0.5) is 8.78 Å². The molecule has 2 unspecified atom stereocenters. The summed E-state index contributed by atoms with van der Waals surface area (Å²) in [5.41, 5.74) is 0.287. The van der Waals surface area contributed by atoms with Crippen molar-refractivity contribution in [2.75, 3.05) is 7.05 Å². The van der Waals surface area contributed by atoms with E-state index in [0.717, 1.165) is 31.4 Å². The second-order valence-electron chi connectivity index (χ2n) is 4.76. The first-order valence-electron chi connectivity index (χ1n) is 6.43. The highest BCUT2D eigenvalue weighted by atomic mass is 19.1. The van der Waals surface area contributed by atoms with E-state index in [4.69, 9.17) is 4.74 Å². The molecule has 2 nitrogen and oxygen atoms in total. The molecule has 0 spiro atoms. The van der Waals surface area contributed by atoms with Gasteiger partial charge >= 0.3 is 0 Å². The molecule has 1 N–H and O–H groups in total. The van der Waals surface area contributed by atoms with Crippen molar-refractivity contribution in [2.45, 2.75) is 44.4 Å². The van der Waals surface area contributed by atoms with Crippen LogP contribution < -0.4 is 5.32 Å². The van der Waals surface area contributed by atoms with Gasteiger partial charge in [-0.3, -0.25) is 0 Å². The summed E-state index contributed by atoms with van der Waals surface area (Å²) in [6, 6.07) is 3.78. The molecule has 0 amide bonds. The fourth-order valence-corrected chi connectivity index (χ4v) is 2.48. The van der Waals surface area contributed by atoms with Crippen molar-refractivity contribution in [3.05, 3.63) is 35.4 Å². The number of nitrogens with one attached hydrogen (secondary N) is 1. The quantitative estimate of drug-likeness (QED) is 0.893. The molecule has 1 aliphatic rings. The van der Waals surface area contributed by atoms with Gasteiger partial charge in [0.15, 0.2) is 0 Å². The van der Waals surface area contributed by atoms with Gasteiger partial charge in [0.05, 0.1) is 12.7 Å². The summed E-state index contributed by atoms with van der Waals surface area (Å²) in [5, 5.41) is 3.22. The van der Waals surface area contributed by atoms with Gasteiger partial charge in [0, 0.05) is 11.6 Å². The molecule has 2 atom stereocenters. The molecule has 4 heteroatoms. The van der Waals surface area contributed by atoms with E-state index in [1.165, 1.54) is 12.5 Å². The van der Waals surface area contributed by atoms with Crippen LogP contribution in [0, 0.1) is 11.6 Å². The molecule has 0 radical (unpaired) electrons. The number of hydrogen-bond acceptors (Lipinski definition) is 2. The number of rotatable bonds is 4. The third-order valence-corrected chi connectivity index (χ3v) is 3.53. The Kier molecular flexibility index (Phi) is 4.66. The third kappa shape index (κ3) is 3.27. The first kappa shape index (κ1) is 13.4. The average Bonchev–Trinajstić information content (AvgIpc) is 2.40. The Balaban J connectivity index is 1.95. The van der Waals surface area contributed by atoms with E-state index in [-0.39, 0.29) is 18.3 Å². The standard InChI is InChI=1S/C14H19F2NO/c1-17-13-4-2-3-5-14(13)18-9-10-8-11(15)6-7-12(10)16/h6-8,13-14,17H,2-5,9H2,1H3. The molecule has 2 rings (SSSR count). The molecular weight excluding hydrogens is 236 g/mol. The van der Waals surface area contributed by atoms with Crippen LogP contribution in [0.3, 0.4) is 0 Å². The van der Waals surface area contributed by atoms with Gasteiger partial charge in [-0.25, -0.2) is 8.78 Å². The van der Waals surface area contributed by atoms with Crippen molar-refractivity contribution >= 4 is 0 Å². The molecule has 0 heterocycles. The summed E-state index contributed by atoms with van der Waals surface area (Å²) in [6.07, 6.45) is 4.47. The summed E-state index contributed by atoms with van der Waals surface area (Å²) >= 11 is 0. The third-order valence-electron chi connectivity index (χ3n) is 3.53. The van der Waals surface area contributed by atoms with Gasteiger partial charge in [0.25, 0.3) is 0 Å². The lowest BCUT2D eigenvalue weighted by Gasteiger charge is -2.31. The lowest BCUT2D eigenvalue weighted by molar-refractivity contribution is -0.00479. The second kappa shape index (κ2) is 6.25. The highest BCUT2D eigenvalue weighted by Gasteiger charge is 2.24. The summed E-state index contributed by atoms with van der Waals surface area (Å²) in [7, 11) is 1.91. The van der Waals surface area contributed by atoms with Crippen LogP contribution in [0.5, 0.6) is 0 Å². The van der Waals surface area contributed by atoms with Gasteiger partial charge in [0.1, 0.15) is 11.6 Å². The van der Waals surface area contributed by atoms with E-state index < -0.39 is 11.6 Å². The van der Waals surface area contributed by atoms with E-state index in [9.17, 15) is 8.78 Å². The van der Waals surface area contributed by atoms with Gasteiger partial charge in [0.2, 0.25) is 0 Å². The summed E-state index contributed by atoms with van der Waals surface area (Å²) in [6.45, 7) is 0.131. The Labute approximate surface area is 106 Å². The number of likely N-dealkylation sites (N-methyl/N-ethyl adjacent to an activating group) is 1. The van der Waals surface area contributed by atoms with Gasteiger partial charge in [-0.2, -0.15) is 0 Å². The van der Waals surface area contributed by atoms with E-state index in [0.29, 0.717) is 6.04 Å². The molecule has 1 aromatic carbocycles. The maximum atomic E-state index is 13.4. The minimum Gasteiger partial charge on any atom is -0.372 e. The Bertz CT molecular complexity index is 397. The fourth-order valence-electron chi connectivity index (χ4n) is 2.48. The average molecular weight is 255 g/mol. The molecule has 1 aliphatic carbocycles. The lowest BCUT2D eigenvalue weighted by atomic mass is 9.92. The minimum absolute atomic E-state index is 0.0893. The summed E-state index contributed by atoms with van der Waals surface area (Å²) < 4.78 is 32.2. The van der Waals surface area contributed by atoms with Crippen LogP contribution in [0.25, 0.3) is 0 Å². The van der Waals surface area contributed by atoms with Crippen LogP contribution >= 0.6 is 0 Å². The molecular formula is C14H19F2NO. The molecule has 0 bridgehead atoms. The molecule has 18 heavy (non-hydrogen) atoms. The monoisotopic (exact) mass is 255 g/mol. The van der Waals surface area contributed by atoms with Crippen molar-refractivity contribution in [3.63, 3.8) is 0 Å². The Hall–Kier alpha value is -1.00. The summed E-state index contributed by atoms with van der Waals surface area (Å²) in [4.78, 5) is 0. The smallest absolute Gasteiger partial charge is 0.128 e. The molecule has 0 aliphatic heterocycles. The number of benzene rings is 1. The van der Waals surface area contributed by atoms with Gasteiger partial charge in [-0.05, 0) is 38.1 Å². The lowest BCUT2D eigenvalue weighted by Crippen LogP contribution is -2.41. The largest absolute Gasteiger partial charge is 0.372 e. The van der Waals surface area contributed by atoms with Crippen molar-refractivity contribution < 1.29 is 13.5 Å². The zero-order valence-electron chi connectivity index (χ0n) is 10.6. The van der Waals surface area contributed by atoms with Gasteiger partial charge < -0.3 is 10.1 Å². The van der Waals surface area contributed by atoms with Crippen molar-refractivity contribution in [3.8, 4) is 0 Å². The van der Waals surface area contributed by atoms with E-state index in [1.54, 1.807) is 0 Å². The minimum atomic E-state index is -0.427. The zero-order chi connectivity index (χ0) is 13.0. The fraction of sp³-hybridized carbons (Fsp3) is 0.571. The van der Waals surface area contributed by atoms with E-state index in [2.05, 4.69) is 5.32 Å². The Morgan fingerprint density at radius 3 is 2.83 bits per heavy atom. The van der Waals surface area contributed by atoms with Crippen LogP contribution in [0.15, 0.2) is 18.2 Å². The van der Waals surface area contributed by atoms with Crippen LogP contribution in [-0.2, 0) is 11.3 Å². The molecule has 1 saturated carbocycles. The van der Waals surface area contributed by atoms with Crippen molar-refractivity contribution in [2.24, 2.45) is 0 Å². The highest BCUT2D eigenvalue weighted by molar-refractivity contribution is 5.17. The maximum absolute atomic E-state index is 13.4. The van der Waals surface area contributed by atoms with Crippen molar-refractivity contribution in [1.29, 1.82) is 0 Å². The van der Waals surface area contributed by atoms with Gasteiger partial charge in [-0.15, -0.1) is 0 Å². The number of hydrogen-bond donors (Lipinski definition) is 1. The van der Waals surface area contributed by atoms with Crippen LogP contribution in [-0.4, -0.2) is 19.2 Å². The Morgan fingerprint density at radius 1 is 1.28 bits per heavy atom. The zero-order valence-corrected chi connectivity index (χ0v) is 10.6. The van der Waals surface area contributed by atoms with Crippen LogP contribution in [0.2, 0.25) is 0 Å². The van der Waals surface area contributed by atoms with Gasteiger partial charge in [-0.1, -0.05) is 12.8 Å². The SMILES string of the molecule is CNC1CCCCC1OCc1cc(F)ccc1F. The number of ether oxygens (including phenoxy) is 1. The summed E-state index contributed by atoms with van der Waals surface area (Å²) in [5.74, 6) is -0.836. The molecule has 0 aromatic heterocycles. The second-order valence-corrected chi connectivity index (χ2v) is 4.76. The van der Waals surface area contributed by atoms with Crippen LogP contribution in [0.1, 0.15) is 31.2 Å². The highest BCUT2D eigenvalue weighted by Crippen LogP contribution is 2.22. The Morgan fingerprint density at radius 2 is 2.06 bits per heavy atom. The maximum Gasteiger partial charge on any atom is 0.128 e. The predicted octanol–water partition coefficient (Wildman–Crippen LogP) is 3.01. The predicted molar refractivity (Wildman–Crippen MR) is 66.3 cm³/mol. The normalized spacial score (nSPS) is 24.2. The van der Waals surface area contributed by atoms with Crippen molar-refractivity contribution in [1.82, 2.24) is 5.32 Å². The topological polar surface area (TPSA) is 21.3 Å². The molecule has 0 saturated heterocycles. The molecule has 1 fully saturated rings. The van der Waals surface area contributed by atoms with E-state index in [1.807, 2.05) is 7.05 Å². The van der Waals surface area contributed by atoms with E-state index >= 15 is 0 Å². The molecule has 1 aromatic rings. The first-order valence-corrected chi connectivity index (χ1v) is 6.43. The number of halogens is 2. The molecule has 100 valence electrons.